The summed E-state index contributed by atoms with van der Waals surface area (Å²) in [6.45, 7) is 2.17. The van der Waals surface area contributed by atoms with E-state index in [2.05, 4.69) is 18.8 Å². The zero-order valence-corrected chi connectivity index (χ0v) is 11.6. The van der Waals surface area contributed by atoms with Crippen molar-refractivity contribution in [1.82, 2.24) is 0 Å². The molecule has 0 saturated heterocycles. The molecule has 1 aromatic rings. The van der Waals surface area contributed by atoms with Crippen molar-refractivity contribution in [3.8, 4) is 17.6 Å². The third-order valence-electron chi connectivity index (χ3n) is 3.82. The fourth-order valence-electron chi connectivity index (χ4n) is 2.64. The van der Waals surface area contributed by atoms with E-state index in [0.29, 0.717) is 6.10 Å². The van der Waals surface area contributed by atoms with E-state index in [4.69, 9.17) is 9.84 Å². The molecule has 0 radical (unpaired) electrons. The van der Waals surface area contributed by atoms with Gasteiger partial charge in [-0.05, 0) is 49.8 Å². The van der Waals surface area contributed by atoms with Crippen molar-refractivity contribution in [1.29, 1.82) is 0 Å². The first-order chi connectivity index (χ1) is 9.31. The van der Waals surface area contributed by atoms with Gasteiger partial charge in [0, 0.05) is 5.56 Å². The first kappa shape index (κ1) is 14.0. The van der Waals surface area contributed by atoms with Crippen LogP contribution < -0.4 is 4.74 Å². The minimum Gasteiger partial charge on any atom is -0.490 e. The zero-order valence-electron chi connectivity index (χ0n) is 11.6. The monoisotopic (exact) mass is 258 g/mol. The third-order valence-corrected chi connectivity index (χ3v) is 3.82. The molecule has 0 unspecified atom stereocenters. The zero-order chi connectivity index (χ0) is 13.5. The van der Waals surface area contributed by atoms with E-state index in [1.54, 1.807) is 0 Å². The van der Waals surface area contributed by atoms with Crippen molar-refractivity contribution in [2.75, 3.05) is 6.61 Å². The van der Waals surface area contributed by atoms with Crippen LogP contribution in [0.4, 0.5) is 0 Å². The van der Waals surface area contributed by atoms with Crippen molar-refractivity contribution < 1.29 is 9.84 Å². The second kappa shape index (κ2) is 7.21. The van der Waals surface area contributed by atoms with Crippen LogP contribution in [0.1, 0.15) is 44.6 Å². The predicted octanol–water partition coefficient (Wildman–Crippen LogP) is 3.38. The second-order valence-corrected chi connectivity index (χ2v) is 5.16. The van der Waals surface area contributed by atoms with Gasteiger partial charge in [0.15, 0.2) is 0 Å². The van der Waals surface area contributed by atoms with Gasteiger partial charge in [-0.15, -0.1) is 0 Å². The Bertz CT molecular complexity index is 448. The standard InChI is InChI=1S/C17H22O2/c1-2-14-8-10-16(11-9-14)19-17-7-3-5-15(13-17)6-4-12-18/h3,5,7,13-14,16,18H,2,8-12H2,1H3. The summed E-state index contributed by atoms with van der Waals surface area (Å²) in [5.74, 6) is 7.35. The highest BCUT2D eigenvalue weighted by atomic mass is 16.5. The molecule has 1 N–H and O–H groups in total. The number of benzene rings is 1. The average molecular weight is 258 g/mol. The predicted molar refractivity (Wildman–Crippen MR) is 77.1 cm³/mol. The van der Waals surface area contributed by atoms with Crippen LogP contribution in [0.5, 0.6) is 5.75 Å². The first-order valence-corrected chi connectivity index (χ1v) is 7.18. The lowest BCUT2D eigenvalue weighted by atomic mass is 9.86. The van der Waals surface area contributed by atoms with E-state index in [1.807, 2.05) is 24.3 Å². The quantitative estimate of drug-likeness (QED) is 0.842. The summed E-state index contributed by atoms with van der Waals surface area (Å²) in [5.41, 5.74) is 0.897. The minimum atomic E-state index is -0.105. The van der Waals surface area contributed by atoms with E-state index in [9.17, 15) is 0 Å². The van der Waals surface area contributed by atoms with Gasteiger partial charge >= 0.3 is 0 Å². The molecule has 0 bridgehead atoms. The number of hydrogen-bond donors (Lipinski definition) is 1. The summed E-state index contributed by atoms with van der Waals surface area (Å²) in [6, 6.07) is 7.82. The molecule has 2 nitrogen and oxygen atoms in total. The van der Waals surface area contributed by atoms with Crippen molar-refractivity contribution in [2.24, 2.45) is 5.92 Å². The Balaban J connectivity index is 1.92. The second-order valence-electron chi connectivity index (χ2n) is 5.16. The molecule has 1 aromatic carbocycles. The molecule has 1 aliphatic carbocycles. The molecule has 0 aromatic heterocycles. The van der Waals surface area contributed by atoms with Crippen LogP contribution in [-0.4, -0.2) is 17.8 Å². The van der Waals surface area contributed by atoms with Crippen molar-refractivity contribution >= 4 is 0 Å². The molecule has 0 atom stereocenters. The fraction of sp³-hybridized carbons (Fsp3) is 0.529. The van der Waals surface area contributed by atoms with Gasteiger partial charge < -0.3 is 9.84 Å². The van der Waals surface area contributed by atoms with E-state index < -0.39 is 0 Å². The highest BCUT2D eigenvalue weighted by Gasteiger charge is 2.21. The molecule has 1 saturated carbocycles. The number of ether oxygens (including phenoxy) is 1. The maximum atomic E-state index is 8.70. The molecule has 102 valence electrons. The number of rotatable bonds is 3. The van der Waals surface area contributed by atoms with Crippen LogP contribution in [0.2, 0.25) is 0 Å². The Labute approximate surface area is 115 Å². The molecule has 0 aliphatic heterocycles. The van der Waals surface area contributed by atoms with Gasteiger partial charge in [0.25, 0.3) is 0 Å². The molecule has 1 aliphatic rings. The SMILES string of the molecule is CCC1CCC(Oc2cccc(C#CCO)c2)CC1. The fourth-order valence-corrected chi connectivity index (χ4v) is 2.64. The molecule has 1 fully saturated rings. The van der Waals surface area contributed by atoms with Crippen LogP contribution in [-0.2, 0) is 0 Å². The summed E-state index contributed by atoms with van der Waals surface area (Å²) < 4.78 is 6.04. The smallest absolute Gasteiger partial charge is 0.120 e. The number of aliphatic hydroxyl groups is 1. The van der Waals surface area contributed by atoms with Gasteiger partial charge in [0.05, 0.1) is 6.10 Å². The molecule has 19 heavy (non-hydrogen) atoms. The van der Waals surface area contributed by atoms with E-state index in [-0.39, 0.29) is 6.61 Å². The van der Waals surface area contributed by atoms with E-state index in [1.165, 1.54) is 19.3 Å². The Morgan fingerprint density at radius 3 is 2.74 bits per heavy atom. The van der Waals surface area contributed by atoms with Crippen molar-refractivity contribution in [3.63, 3.8) is 0 Å². The Kier molecular flexibility index (Phi) is 5.30. The summed E-state index contributed by atoms with van der Waals surface area (Å²) in [5, 5.41) is 8.70. The maximum Gasteiger partial charge on any atom is 0.120 e. The summed E-state index contributed by atoms with van der Waals surface area (Å²) >= 11 is 0. The largest absolute Gasteiger partial charge is 0.490 e. The highest BCUT2D eigenvalue weighted by molar-refractivity contribution is 5.39. The average Bonchev–Trinajstić information content (AvgIpc) is 2.46. The third kappa shape index (κ3) is 4.29. The highest BCUT2D eigenvalue weighted by Crippen LogP contribution is 2.29. The summed E-state index contributed by atoms with van der Waals surface area (Å²) in [4.78, 5) is 0. The molecule has 0 spiro atoms. The lowest BCUT2D eigenvalue weighted by Gasteiger charge is -2.28. The molecular formula is C17H22O2. The molecule has 2 rings (SSSR count). The first-order valence-electron chi connectivity index (χ1n) is 7.18. The van der Waals surface area contributed by atoms with Crippen LogP contribution in [0.15, 0.2) is 24.3 Å². The van der Waals surface area contributed by atoms with Gasteiger partial charge in [0.2, 0.25) is 0 Å². The maximum absolute atomic E-state index is 8.70. The topological polar surface area (TPSA) is 29.5 Å². The van der Waals surface area contributed by atoms with Gasteiger partial charge in [-0.1, -0.05) is 31.3 Å². The van der Waals surface area contributed by atoms with Crippen molar-refractivity contribution in [3.05, 3.63) is 29.8 Å². The van der Waals surface area contributed by atoms with E-state index >= 15 is 0 Å². The molecule has 0 amide bonds. The summed E-state index contributed by atoms with van der Waals surface area (Å²) in [7, 11) is 0. The Morgan fingerprint density at radius 1 is 1.26 bits per heavy atom. The number of hydrogen-bond acceptors (Lipinski definition) is 2. The van der Waals surface area contributed by atoms with Crippen LogP contribution in [0.25, 0.3) is 0 Å². The van der Waals surface area contributed by atoms with Gasteiger partial charge in [-0.2, -0.15) is 0 Å². The van der Waals surface area contributed by atoms with Crippen LogP contribution in [0, 0.1) is 17.8 Å². The van der Waals surface area contributed by atoms with Crippen LogP contribution in [0.3, 0.4) is 0 Å². The molecule has 0 heterocycles. The minimum absolute atomic E-state index is 0.105. The van der Waals surface area contributed by atoms with E-state index in [0.717, 1.165) is 30.1 Å². The van der Waals surface area contributed by atoms with Gasteiger partial charge in [-0.3, -0.25) is 0 Å². The lowest BCUT2D eigenvalue weighted by Crippen LogP contribution is -2.23. The lowest BCUT2D eigenvalue weighted by molar-refractivity contribution is 0.130. The molecular weight excluding hydrogens is 236 g/mol. The molecule has 2 heteroatoms. The normalized spacial score (nSPS) is 22.4. The number of aliphatic hydroxyl groups excluding tert-OH is 1. The van der Waals surface area contributed by atoms with Gasteiger partial charge in [0.1, 0.15) is 12.4 Å². The van der Waals surface area contributed by atoms with Crippen molar-refractivity contribution in [2.45, 2.75) is 45.1 Å². The Morgan fingerprint density at radius 2 is 2.05 bits per heavy atom. The Hall–Kier alpha value is -1.46. The van der Waals surface area contributed by atoms with Gasteiger partial charge in [-0.25, -0.2) is 0 Å². The summed E-state index contributed by atoms with van der Waals surface area (Å²) in [6.07, 6.45) is 6.52. The van der Waals surface area contributed by atoms with Crippen LogP contribution >= 0.6 is 0 Å².